The third-order valence-corrected chi connectivity index (χ3v) is 3.12. The quantitative estimate of drug-likeness (QED) is 0.646. The van der Waals surface area contributed by atoms with E-state index < -0.39 is 5.97 Å². The summed E-state index contributed by atoms with van der Waals surface area (Å²) in [6.07, 6.45) is 13.5. The molecule has 0 radical (unpaired) electrons. The molecule has 0 aliphatic rings. The van der Waals surface area contributed by atoms with Gasteiger partial charge in [0.2, 0.25) is 0 Å². The van der Waals surface area contributed by atoms with E-state index in [4.69, 9.17) is 5.11 Å². The lowest BCUT2D eigenvalue weighted by atomic mass is 10.1. The van der Waals surface area contributed by atoms with E-state index in [1.807, 2.05) is 4.57 Å². The molecule has 0 aliphatic carbocycles. The van der Waals surface area contributed by atoms with Gasteiger partial charge in [0.1, 0.15) is 0 Å². The zero-order chi connectivity index (χ0) is 13.2. The largest absolute Gasteiger partial charge is 0.476 e. The lowest BCUT2D eigenvalue weighted by Crippen LogP contribution is -1.97. The summed E-state index contributed by atoms with van der Waals surface area (Å²) in [7, 11) is 0. The van der Waals surface area contributed by atoms with Gasteiger partial charge in [-0.25, -0.2) is 9.78 Å². The number of aryl methyl sites for hydroxylation is 1. The molecule has 0 spiro atoms. The van der Waals surface area contributed by atoms with Crippen LogP contribution in [-0.4, -0.2) is 20.6 Å². The van der Waals surface area contributed by atoms with Crippen molar-refractivity contribution in [3.8, 4) is 0 Å². The Labute approximate surface area is 109 Å². The van der Waals surface area contributed by atoms with E-state index in [1.54, 1.807) is 12.5 Å². The molecule has 0 saturated heterocycles. The predicted molar refractivity (Wildman–Crippen MR) is 71.8 cm³/mol. The SMILES string of the molecule is CCCCCCCCCCn1cnc(C(=O)O)c1. The van der Waals surface area contributed by atoms with Crippen molar-refractivity contribution in [3.05, 3.63) is 18.2 Å². The molecule has 1 heterocycles. The molecule has 4 heteroatoms. The van der Waals surface area contributed by atoms with Crippen molar-refractivity contribution in [1.82, 2.24) is 9.55 Å². The van der Waals surface area contributed by atoms with Crippen molar-refractivity contribution >= 4 is 5.97 Å². The van der Waals surface area contributed by atoms with E-state index in [1.165, 1.54) is 44.9 Å². The van der Waals surface area contributed by atoms with Crippen LogP contribution in [0.25, 0.3) is 0 Å². The number of nitrogens with zero attached hydrogens (tertiary/aromatic N) is 2. The highest BCUT2D eigenvalue weighted by Crippen LogP contribution is 2.09. The first kappa shape index (κ1) is 14.7. The molecule has 0 atom stereocenters. The summed E-state index contributed by atoms with van der Waals surface area (Å²) in [4.78, 5) is 14.5. The van der Waals surface area contributed by atoms with E-state index in [0.717, 1.165) is 13.0 Å². The van der Waals surface area contributed by atoms with E-state index in [0.29, 0.717) is 0 Å². The molecule has 0 fully saturated rings. The minimum atomic E-state index is -0.954. The molecule has 0 amide bonds. The lowest BCUT2D eigenvalue weighted by molar-refractivity contribution is 0.0691. The summed E-state index contributed by atoms with van der Waals surface area (Å²) in [5.74, 6) is -0.954. The molecule has 0 bridgehead atoms. The monoisotopic (exact) mass is 252 g/mol. The highest BCUT2D eigenvalue weighted by atomic mass is 16.4. The van der Waals surface area contributed by atoms with Gasteiger partial charge in [0, 0.05) is 12.7 Å². The molecule has 102 valence electrons. The third kappa shape index (κ3) is 5.84. The van der Waals surface area contributed by atoms with E-state index >= 15 is 0 Å². The normalized spacial score (nSPS) is 10.7. The van der Waals surface area contributed by atoms with Crippen LogP contribution in [0.1, 0.15) is 68.8 Å². The molecule has 18 heavy (non-hydrogen) atoms. The Kier molecular flexibility index (Phi) is 7.14. The zero-order valence-electron chi connectivity index (χ0n) is 11.3. The molecular weight excluding hydrogens is 228 g/mol. The average Bonchev–Trinajstić information content (AvgIpc) is 2.81. The van der Waals surface area contributed by atoms with Gasteiger partial charge in [-0.1, -0.05) is 51.9 Å². The number of rotatable bonds is 10. The number of aromatic nitrogens is 2. The number of hydrogen-bond donors (Lipinski definition) is 1. The van der Waals surface area contributed by atoms with Crippen LogP contribution in [0.4, 0.5) is 0 Å². The lowest BCUT2D eigenvalue weighted by Gasteiger charge is -2.02. The van der Waals surface area contributed by atoms with Crippen molar-refractivity contribution in [3.63, 3.8) is 0 Å². The molecular formula is C14H24N2O2. The minimum absolute atomic E-state index is 0.134. The molecule has 4 nitrogen and oxygen atoms in total. The molecule has 1 aromatic rings. The summed E-state index contributed by atoms with van der Waals surface area (Å²) in [6, 6.07) is 0. The minimum Gasteiger partial charge on any atom is -0.476 e. The maximum Gasteiger partial charge on any atom is 0.356 e. The van der Waals surface area contributed by atoms with Gasteiger partial charge < -0.3 is 9.67 Å². The summed E-state index contributed by atoms with van der Waals surface area (Å²) < 4.78 is 1.86. The van der Waals surface area contributed by atoms with Crippen LogP contribution in [0.5, 0.6) is 0 Å². The van der Waals surface area contributed by atoms with Crippen LogP contribution >= 0.6 is 0 Å². The second kappa shape index (κ2) is 8.72. The first-order valence-electron chi connectivity index (χ1n) is 6.99. The molecule has 1 rings (SSSR count). The summed E-state index contributed by atoms with van der Waals surface area (Å²) in [5.41, 5.74) is 0.134. The predicted octanol–water partition coefficient (Wildman–Crippen LogP) is 3.72. The Hall–Kier alpha value is -1.32. The number of hydrogen-bond acceptors (Lipinski definition) is 2. The number of carbonyl (C=O) groups is 1. The molecule has 0 aromatic carbocycles. The van der Waals surface area contributed by atoms with E-state index in [-0.39, 0.29) is 5.69 Å². The van der Waals surface area contributed by atoms with E-state index in [2.05, 4.69) is 11.9 Å². The molecule has 1 N–H and O–H groups in total. The summed E-state index contributed by atoms with van der Waals surface area (Å²) >= 11 is 0. The number of aromatic carboxylic acids is 1. The fraction of sp³-hybridized carbons (Fsp3) is 0.714. The van der Waals surface area contributed by atoms with Crippen molar-refractivity contribution in [2.24, 2.45) is 0 Å². The fourth-order valence-corrected chi connectivity index (χ4v) is 2.02. The van der Waals surface area contributed by atoms with Crippen LogP contribution in [0.2, 0.25) is 0 Å². The average molecular weight is 252 g/mol. The van der Waals surface area contributed by atoms with Crippen LogP contribution < -0.4 is 0 Å². The van der Waals surface area contributed by atoms with Crippen LogP contribution in [0, 0.1) is 0 Å². The molecule has 1 aromatic heterocycles. The topological polar surface area (TPSA) is 55.1 Å². The van der Waals surface area contributed by atoms with Crippen LogP contribution in [0.15, 0.2) is 12.5 Å². The van der Waals surface area contributed by atoms with Crippen molar-refractivity contribution in [2.75, 3.05) is 0 Å². The standard InChI is InChI=1S/C14H24N2O2/c1-2-3-4-5-6-7-8-9-10-16-11-13(14(17)18)15-12-16/h11-12H,2-10H2,1H3,(H,17,18). The Balaban J connectivity index is 2.02. The first-order chi connectivity index (χ1) is 8.74. The van der Waals surface area contributed by atoms with Gasteiger partial charge in [0.05, 0.1) is 6.33 Å². The highest BCUT2D eigenvalue weighted by molar-refractivity contribution is 5.84. The summed E-state index contributed by atoms with van der Waals surface area (Å²) in [6.45, 7) is 3.10. The third-order valence-electron chi connectivity index (χ3n) is 3.12. The molecule has 0 aliphatic heterocycles. The van der Waals surface area contributed by atoms with Gasteiger partial charge >= 0.3 is 5.97 Å². The summed E-state index contributed by atoms with van der Waals surface area (Å²) in [5, 5.41) is 8.73. The second-order valence-electron chi connectivity index (χ2n) is 4.78. The number of unbranched alkanes of at least 4 members (excludes halogenated alkanes) is 7. The first-order valence-corrected chi connectivity index (χ1v) is 6.99. The second-order valence-corrected chi connectivity index (χ2v) is 4.78. The highest BCUT2D eigenvalue weighted by Gasteiger charge is 2.05. The van der Waals surface area contributed by atoms with Crippen LogP contribution in [-0.2, 0) is 6.54 Å². The van der Waals surface area contributed by atoms with Crippen molar-refractivity contribution in [1.29, 1.82) is 0 Å². The Morgan fingerprint density at radius 3 is 2.33 bits per heavy atom. The van der Waals surface area contributed by atoms with Crippen LogP contribution in [0.3, 0.4) is 0 Å². The van der Waals surface area contributed by atoms with Crippen molar-refractivity contribution < 1.29 is 9.90 Å². The molecule has 0 saturated carbocycles. The molecule has 0 unspecified atom stereocenters. The Bertz CT molecular complexity index is 347. The number of carboxylic acid groups (broad SMARTS) is 1. The van der Waals surface area contributed by atoms with Crippen molar-refractivity contribution in [2.45, 2.75) is 64.8 Å². The van der Waals surface area contributed by atoms with Gasteiger partial charge in [-0.2, -0.15) is 0 Å². The maximum atomic E-state index is 10.6. The van der Waals surface area contributed by atoms with Gasteiger partial charge in [-0.15, -0.1) is 0 Å². The number of carboxylic acids is 1. The fourth-order valence-electron chi connectivity index (χ4n) is 2.02. The Morgan fingerprint density at radius 1 is 1.17 bits per heavy atom. The smallest absolute Gasteiger partial charge is 0.356 e. The maximum absolute atomic E-state index is 10.6. The van der Waals surface area contributed by atoms with E-state index in [9.17, 15) is 4.79 Å². The Morgan fingerprint density at radius 2 is 1.78 bits per heavy atom. The van der Waals surface area contributed by atoms with Gasteiger partial charge in [-0.05, 0) is 6.42 Å². The zero-order valence-corrected chi connectivity index (χ0v) is 11.3. The van der Waals surface area contributed by atoms with Gasteiger partial charge in [-0.3, -0.25) is 0 Å². The van der Waals surface area contributed by atoms with Gasteiger partial charge in [0.25, 0.3) is 0 Å². The van der Waals surface area contributed by atoms with Gasteiger partial charge in [0.15, 0.2) is 5.69 Å². The number of imidazole rings is 1.